The summed E-state index contributed by atoms with van der Waals surface area (Å²) in [6, 6.07) is 5.49. The van der Waals surface area contributed by atoms with Crippen molar-refractivity contribution in [3.8, 4) is 5.75 Å². The molecule has 0 aliphatic heterocycles. The van der Waals surface area contributed by atoms with Crippen LogP contribution in [-0.2, 0) is 16.0 Å². The molecule has 0 fully saturated rings. The summed E-state index contributed by atoms with van der Waals surface area (Å²) in [4.78, 5) is 23.4. The van der Waals surface area contributed by atoms with E-state index in [4.69, 9.17) is 9.15 Å². The Morgan fingerprint density at radius 3 is 2.73 bits per heavy atom. The Kier molecular flexibility index (Phi) is 5.04. The molecule has 1 heterocycles. The number of carbonyl (C=O) groups is 2. The molecule has 2 N–H and O–H groups in total. The van der Waals surface area contributed by atoms with Crippen molar-refractivity contribution >= 4 is 22.8 Å². The molecular formula is C16H20N2O4. The Labute approximate surface area is 128 Å². The molecule has 0 spiro atoms. The summed E-state index contributed by atoms with van der Waals surface area (Å²) in [5.74, 6) is 0.269. The number of carbonyl (C=O) groups excluding carboxylic acids is 2. The number of hydrogen-bond acceptors (Lipinski definition) is 4. The van der Waals surface area contributed by atoms with Crippen LogP contribution in [0.2, 0.25) is 0 Å². The lowest BCUT2D eigenvalue weighted by Crippen LogP contribution is -2.40. The normalized spacial score (nSPS) is 10.7. The number of rotatable bonds is 6. The molecule has 118 valence electrons. The molecule has 6 heteroatoms. The lowest BCUT2D eigenvalue weighted by atomic mass is 10.1. The number of hydrogen-bond donors (Lipinski definition) is 2. The van der Waals surface area contributed by atoms with Gasteiger partial charge in [0.25, 0.3) is 0 Å². The molecular weight excluding hydrogens is 284 g/mol. The molecule has 1 aromatic heterocycles. The molecule has 0 radical (unpaired) electrons. The predicted molar refractivity (Wildman–Crippen MR) is 82.8 cm³/mol. The highest BCUT2D eigenvalue weighted by molar-refractivity contribution is 5.90. The van der Waals surface area contributed by atoms with E-state index < -0.39 is 0 Å². The SMILES string of the molecule is COc1ccc2c(CC(=O)NCC(=O)NC(C)C)coc2c1. The summed E-state index contributed by atoms with van der Waals surface area (Å²) < 4.78 is 10.6. The van der Waals surface area contributed by atoms with Gasteiger partial charge < -0.3 is 19.8 Å². The summed E-state index contributed by atoms with van der Waals surface area (Å²) in [5.41, 5.74) is 1.44. The summed E-state index contributed by atoms with van der Waals surface area (Å²) in [6.45, 7) is 3.71. The van der Waals surface area contributed by atoms with Crippen molar-refractivity contribution in [3.05, 3.63) is 30.0 Å². The van der Waals surface area contributed by atoms with E-state index in [9.17, 15) is 9.59 Å². The highest BCUT2D eigenvalue weighted by atomic mass is 16.5. The number of nitrogens with one attached hydrogen (secondary N) is 2. The smallest absolute Gasteiger partial charge is 0.239 e. The maximum Gasteiger partial charge on any atom is 0.239 e. The van der Waals surface area contributed by atoms with E-state index >= 15 is 0 Å². The van der Waals surface area contributed by atoms with Gasteiger partial charge in [-0.1, -0.05) is 0 Å². The molecule has 0 atom stereocenters. The maximum absolute atomic E-state index is 11.9. The average molecular weight is 304 g/mol. The van der Waals surface area contributed by atoms with Gasteiger partial charge in [-0.25, -0.2) is 0 Å². The van der Waals surface area contributed by atoms with Crippen LogP contribution in [0.1, 0.15) is 19.4 Å². The van der Waals surface area contributed by atoms with Crippen LogP contribution in [0.4, 0.5) is 0 Å². The van der Waals surface area contributed by atoms with Crippen molar-refractivity contribution in [2.75, 3.05) is 13.7 Å². The van der Waals surface area contributed by atoms with Gasteiger partial charge in [0, 0.05) is 23.1 Å². The third-order valence-corrected chi connectivity index (χ3v) is 3.11. The lowest BCUT2D eigenvalue weighted by molar-refractivity contribution is -0.126. The van der Waals surface area contributed by atoms with Gasteiger partial charge in [0.1, 0.15) is 11.3 Å². The minimum atomic E-state index is -0.225. The van der Waals surface area contributed by atoms with Crippen LogP contribution in [0.15, 0.2) is 28.9 Å². The molecule has 2 amide bonds. The first kappa shape index (κ1) is 15.9. The molecule has 0 saturated carbocycles. The Balaban J connectivity index is 1.96. The van der Waals surface area contributed by atoms with Crippen LogP contribution < -0.4 is 15.4 Å². The summed E-state index contributed by atoms with van der Waals surface area (Å²) in [7, 11) is 1.58. The number of methoxy groups -OCH3 is 1. The van der Waals surface area contributed by atoms with Crippen molar-refractivity contribution in [2.45, 2.75) is 26.3 Å². The van der Waals surface area contributed by atoms with Gasteiger partial charge in [0.05, 0.1) is 26.3 Å². The van der Waals surface area contributed by atoms with Crippen molar-refractivity contribution in [1.82, 2.24) is 10.6 Å². The van der Waals surface area contributed by atoms with Gasteiger partial charge in [-0.2, -0.15) is 0 Å². The van der Waals surface area contributed by atoms with Crippen LogP contribution in [0.25, 0.3) is 11.0 Å². The first-order valence-electron chi connectivity index (χ1n) is 7.09. The minimum Gasteiger partial charge on any atom is -0.497 e. The van der Waals surface area contributed by atoms with Crippen LogP contribution in [0, 0.1) is 0 Å². The predicted octanol–water partition coefficient (Wildman–Crippen LogP) is 1.62. The molecule has 1 aromatic carbocycles. The lowest BCUT2D eigenvalue weighted by Gasteiger charge is -2.09. The molecule has 6 nitrogen and oxygen atoms in total. The topological polar surface area (TPSA) is 80.6 Å². The molecule has 22 heavy (non-hydrogen) atoms. The van der Waals surface area contributed by atoms with Gasteiger partial charge in [0.15, 0.2) is 0 Å². The molecule has 2 aromatic rings. The molecule has 0 bridgehead atoms. The number of fused-ring (bicyclic) bond motifs is 1. The second-order valence-corrected chi connectivity index (χ2v) is 5.30. The van der Waals surface area contributed by atoms with Crippen LogP contribution in [0.5, 0.6) is 5.75 Å². The molecule has 2 rings (SSSR count). The molecule has 0 unspecified atom stereocenters. The molecule has 0 aliphatic carbocycles. The Morgan fingerprint density at radius 2 is 2.05 bits per heavy atom. The largest absolute Gasteiger partial charge is 0.497 e. The molecule has 0 aliphatic rings. The quantitative estimate of drug-likeness (QED) is 0.850. The number of amides is 2. The van der Waals surface area contributed by atoms with Gasteiger partial charge >= 0.3 is 0 Å². The summed E-state index contributed by atoms with van der Waals surface area (Å²) in [6.07, 6.45) is 1.71. The van der Waals surface area contributed by atoms with Crippen LogP contribution >= 0.6 is 0 Å². The Bertz CT molecular complexity index is 676. The van der Waals surface area contributed by atoms with Crippen molar-refractivity contribution in [2.24, 2.45) is 0 Å². The zero-order valence-electron chi connectivity index (χ0n) is 12.9. The van der Waals surface area contributed by atoms with Crippen molar-refractivity contribution in [1.29, 1.82) is 0 Å². The minimum absolute atomic E-state index is 0.0272. The van der Waals surface area contributed by atoms with E-state index in [0.29, 0.717) is 11.3 Å². The summed E-state index contributed by atoms with van der Waals surface area (Å²) >= 11 is 0. The highest BCUT2D eigenvalue weighted by Gasteiger charge is 2.12. The second-order valence-electron chi connectivity index (χ2n) is 5.30. The third-order valence-electron chi connectivity index (χ3n) is 3.11. The fraction of sp³-hybridized carbons (Fsp3) is 0.375. The number of benzene rings is 1. The fourth-order valence-corrected chi connectivity index (χ4v) is 2.11. The third kappa shape index (κ3) is 4.00. The van der Waals surface area contributed by atoms with E-state index in [2.05, 4.69) is 10.6 Å². The van der Waals surface area contributed by atoms with Gasteiger partial charge in [0.2, 0.25) is 11.8 Å². The van der Waals surface area contributed by atoms with E-state index in [1.165, 1.54) is 0 Å². The van der Waals surface area contributed by atoms with E-state index in [1.54, 1.807) is 19.4 Å². The fourth-order valence-electron chi connectivity index (χ4n) is 2.11. The average Bonchev–Trinajstić information content (AvgIpc) is 2.86. The van der Waals surface area contributed by atoms with E-state index in [-0.39, 0.29) is 30.8 Å². The van der Waals surface area contributed by atoms with Gasteiger partial charge in [-0.05, 0) is 26.0 Å². The van der Waals surface area contributed by atoms with Crippen LogP contribution in [0.3, 0.4) is 0 Å². The standard InChI is InChI=1S/C16H20N2O4/c1-10(2)18-16(20)8-17-15(19)6-11-9-22-14-7-12(21-3)4-5-13(11)14/h4-5,7,9-10H,6,8H2,1-3H3,(H,17,19)(H,18,20). The van der Waals surface area contributed by atoms with Gasteiger partial charge in [-0.15, -0.1) is 0 Å². The van der Waals surface area contributed by atoms with E-state index in [1.807, 2.05) is 26.0 Å². The zero-order chi connectivity index (χ0) is 16.1. The van der Waals surface area contributed by atoms with Crippen molar-refractivity contribution < 1.29 is 18.7 Å². The summed E-state index contributed by atoms with van der Waals surface area (Å²) in [5, 5.41) is 6.17. The van der Waals surface area contributed by atoms with Crippen molar-refractivity contribution in [3.63, 3.8) is 0 Å². The maximum atomic E-state index is 11.9. The number of furan rings is 1. The zero-order valence-corrected chi connectivity index (χ0v) is 12.9. The molecule has 0 saturated heterocycles. The first-order chi connectivity index (χ1) is 10.5. The monoisotopic (exact) mass is 304 g/mol. The highest BCUT2D eigenvalue weighted by Crippen LogP contribution is 2.25. The first-order valence-corrected chi connectivity index (χ1v) is 7.09. The Morgan fingerprint density at radius 1 is 1.27 bits per heavy atom. The number of ether oxygens (including phenoxy) is 1. The van der Waals surface area contributed by atoms with E-state index in [0.717, 1.165) is 10.9 Å². The second kappa shape index (κ2) is 6.98. The Hall–Kier alpha value is -2.50. The van der Waals surface area contributed by atoms with Gasteiger partial charge in [-0.3, -0.25) is 9.59 Å². The van der Waals surface area contributed by atoms with Crippen LogP contribution in [-0.4, -0.2) is 31.5 Å².